The third-order valence-corrected chi connectivity index (χ3v) is 2.77. The second-order valence-corrected chi connectivity index (χ2v) is 3.97. The van der Waals surface area contributed by atoms with Gasteiger partial charge in [0.25, 0.3) is 0 Å². The van der Waals surface area contributed by atoms with E-state index in [9.17, 15) is 0 Å². The lowest BCUT2D eigenvalue weighted by Gasteiger charge is -2.05. The van der Waals surface area contributed by atoms with Crippen molar-refractivity contribution in [2.24, 2.45) is 10.2 Å². The minimum Gasteiger partial charge on any atom is -0.162 e. The van der Waals surface area contributed by atoms with Gasteiger partial charge in [0.2, 0.25) is 0 Å². The molecule has 1 aliphatic heterocycles. The molecule has 2 nitrogen and oxygen atoms in total. The van der Waals surface area contributed by atoms with Crippen molar-refractivity contribution < 1.29 is 0 Å². The Balaban J connectivity index is 2.30. The van der Waals surface area contributed by atoms with Gasteiger partial charge in [0.15, 0.2) is 0 Å². The van der Waals surface area contributed by atoms with Gasteiger partial charge >= 0.3 is 0 Å². The van der Waals surface area contributed by atoms with Crippen LogP contribution in [0.15, 0.2) is 34.5 Å². The molecule has 0 saturated heterocycles. The minimum absolute atomic E-state index is 0.744. The number of benzene rings is 1. The number of nitrogens with zero attached hydrogens (tertiary/aromatic N) is 2. The Bertz CT molecular complexity index is 356. The Morgan fingerprint density at radius 3 is 2.62 bits per heavy atom. The predicted octanol–water partition coefficient (Wildman–Crippen LogP) is 2.82. The molecule has 1 heterocycles. The van der Waals surface area contributed by atoms with Gasteiger partial charge in [-0.2, -0.15) is 5.10 Å². The summed E-state index contributed by atoms with van der Waals surface area (Å²) in [7, 11) is 0. The Morgan fingerprint density at radius 1 is 1.23 bits per heavy atom. The number of halogens is 1. The van der Waals surface area contributed by atoms with Crippen LogP contribution in [0.5, 0.6) is 0 Å². The second kappa shape index (κ2) is 3.94. The van der Waals surface area contributed by atoms with Gasteiger partial charge in [-0.3, -0.25) is 0 Å². The Hall–Kier alpha value is -0.800. The van der Waals surface area contributed by atoms with Gasteiger partial charge in [-0.15, -0.1) is 5.10 Å². The van der Waals surface area contributed by atoms with Crippen LogP contribution in [0.4, 0.5) is 0 Å². The fraction of sp³-hybridized carbons (Fsp3) is 0.111. The van der Waals surface area contributed by atoms with Gasteiger partial charge in [-0.05, 0) is 12.1 Å². The van der Waals surface area contributed by atoms with Crippen LogP contribution >= 0.6 is 23.4 Å². The smallest absolute Gasteiger partial charge is 0.126 e. The molecule has 4 heteroatoms. The largest absolute Gasteiger partial charge is 0.162 e. The average Bonchev–Trinajstić information content (AvgIpc) is 2.20. The zero-order chi connectivity index (χ0) is 9.10. The molecular formula is C9H7ClN2S. The van der Waals surface area contributed by atoms with Gasteiger partial charge in [0.1, 0.15) is 5.04 Å². The van der Waals surface area contributed by atoms with Crippen LogP contribution in [0, 0.1) is 0 Å². The first-order valence-corrected chi connectivity index (χ1v) is 5.21. The van der Waals surface area contributed by atoms with Gasteiger partial charge < -0.3 is 0 Å². The van der Waals surface area contributed by atoms with Crippen molar-refractivity contribution in [3.05, 3.63) is 34.9 Å². The van der Waals surface area contributed by atoms with Crippen molar-refractivity contribution >= 4 is 34.6 Å². The first-order chi connectivity index (χ1) is 6.36. The molecule has 1 aliphatic rings. The van der Waals surface area contributed by atoms with Crippen molar-refractivity contribution in [2.45, 2.75) is 0 Å². The quantitative estimate of drug-likeness (QED) is 0.700. The van der Waals surface area contributed by atoms with Crippen LogP contribution in [0.3, 0.4) is 0 Å². The van der Waals surface area contributed by atoms with E-state index in [1.807, 2.05) is 24.3 Å². The van der Waals surface area contributed by atoms with Crippen LogP contribution in [0.1, 0.15) is 5.56 Å². The molecule has 0 aromatic heterocycles. The maximum atomic E-state index is 5.77. The Kier molecular flexibility index (Phi) is 2.66. The monoisotopic (exact) mass is 210 g/mol. The Morgan fingerprint density at radius 2 is 2.00 bits per heavy atom. The van der Waals surface area contributed by atoms with Crippen LogP contribution in [0.25, 0.3) is 0 Å². The summed E-state index contributed by atoms with van der Waals surface area (Å²) in [5.41, 5.74) is 1.08. The Labute approximate surface area is 85.7 Å². The van der Waals surface area contributed by atoms with Crippen LogP contribution in [-0.2, 0) is 0 Å². The van der Waals surface area contributed by atoms with Crippen molar-refractivity contribution in [3.8, 4) is 0 Å². The summed E-state index contributed by atoms with van der Waals surface area (Å²) in [5, 5.41) is 9.60. The number of hydrogen-bond donors (Lipinski definition) is 0. The van der Waals surface area contributed by atoms with E-state index >= 15 is 0 Å². The first kappa shape index (κ1) is 8.78. The van der Waals surface area contributed by atoms with Gasteiger partial charge in [0, 0.05) is 22.6 Å². The maximum absolute atomic E-state index is 5.77. The molecule has 66 valence electrons. The van der Waals surface area contributed by atoms with Crippen LogP contribution < -0.4 is 0 Å². The average molecular weight is 211 g/mol. The summed E-state index contributed by atoms with van der Waals surface area (Å²) in [6.45, 7) is 0. The molecule has 0 aliphatic carbocycles. The zero-order valence-electron chi connectivity index (χ0n) is 6.77. The van der Waals surface area contributed by atoms with Crippen LogP contribution in [0.2, 0.25) is 5.02 Å². The third kappa shape index (κ3) is 2.11. The van der Waals surface area contributed by atoms with E-state index < -0.39 is 0 Å². The van der Waals surface area contributed by atoms with E-state index in [-0.39, 0.29) is 0 Å². The van der Waals surface area contributed by atoms with Crippen LogP contribution in [-0.4, -0.2) is 17.0 Å². The molecule has 0 spiro atoms. The molecule has 0 saturated carbocycles. The number of thioether (sulfide) groups is 1. The molecule has 0 amide bonds. The van der Waals surface area contributed by atoms with E-state index in [0.717, 1.165) is 21.4 Å². The molecule has 0 fully saturated rings. The van der Waals surface area contributed by atoms with E-state index in [1.54, 1.807) is 18.0 Å². The fourth-order valence-corrected chi connectivity index (χ4v) is 1.84. The second-order valence-electron chi connectivity index (χ2n) is 2.52. The lowest BCUT2D eigenvalue weighted by Crippen LogP contribution is -2.00. The molecule has 0 radical (unpaired) electrons. The zero-order valence-corrected chi connectivity index (χ0v) is 8.35. The van der Waals surface area contributed by atoms with Crippen molar-refractivity contribution in [3.63, 3.8) is 0 Å². The van der Waals surface area contributed by atoms with Gasteiger partial charge in [-0.25, -0.2) is 0 Å². The summed E-state index contributed by atoms with van der Waals surface area (Å²) in [4.78, 5) is 0. The van der Waals surface area contributed by atoms with E-state index in [2.05, 4.69) is 10.2 Å². The SMILES string of the molecule is Clc1ccc(C2=NN=CCS2)cc1. The van der Waals surface area contributed by atoms with Gasteiger partial charge in [0.05, 0.1) is 0 Å². The van der Waals surface area contributed by atoms with E-state index in [1.165, 1.54) is 0 Å². The molecule has 1 aromatic carbocycles. The highest BCUT2D eigenvalue weighted by molar-refractivity contribution is 8.14. The molecule has 0 unspecified atom stereocenters. The normalized spacial score (nSPS) is 15.6. The molecule has 1 aromatic rings. The molecule has 2 rings (SSSR count). The lowest BCUT2D eigenvalue weighted by molar-refractivity contribution is 1.25. The summed E-state index contributed by atoms with van der Waals surface area (Å²) in [6.07, 6.45) is 1.80. The highest BCUT2D eigenvalue weighted by Crippen LogP contribution is 2.18. The molecular weight excluding hydrogens is 204 g/mol. The number of rotatable bonds is 1. The third-order valence-electron chi connectivity index (χ3n) is 1.62. The minimum atomic E-state index is 0.744. The van der Waals surface area contributed by atoms with Crippen molar-refractivity contribution in [1.29, 1.82) is 0 Å². The van der Waals surface area contributed by atoms with Crippen molar-refractivity contribution in [1.82, 2.24) is 0 Å². The maximum Gasteiger partial charge on any atom is 0.126 e. The summed E-state index contributed by atoms with van der Waals surface area (Å²) >= 11 is 7.45. The lowest BCUT2D eigenvalue weighted by atomic mass is 10.2. The molecule has 0 N–H and O–H groups in total. The topological polar surface area (TPSA) is 24.7 Å². The van der Waals surface area contributed by atoms with E-state index in [0.29, 0.717) is 0 Å². The highest BCUT2D eigenvalue weighted by Gasteiger charge is 2.05. The predicted molar refractivity (Wildman–Crippen MR) is 58.9 cm³/mol. The number of hydrogen-bond acceptors (Lipinski definition) is 3. The highest BCUT2D eigenvalue weighted by atomic mass is 35.5. The standard InChI is InChI=1S/C9H7ClN2S/c10-8-3-1-7(2-4-8)9-12-11-5-6-13-9/h1-5H,6H2. The van der Waals surface area contributed by atoms with Gasteiger partial charge in [-0.1, -0.05) is 35.5 Å². The molecule has 0 atom stereocenters. The first-order valence-electron chi connectivity index (χ1n) is 3.84. The summed E-state index contributed by atoms with van der Waals surface area (Å²) in [6, 6.07) is 7.63. The summed E-state index contributed by atoms with van der Waals surface area (Å²) in [5.74, 6) is 0.890. The van der Waals surface area contributed by atoms with E-state index in [4.69, 9.17) is 11.6 Å². The summed E-state index contributed by atoms with van der Waals surface area (Å²) < 4.78 is 0. The molecule has 0 bridgehead atoms. The fourth-order valence-electron chi connectivity index (χ4n) is 1.01. The van der Waals surface area contributed by atoms with Crippen molar-refractivity contribution in [2.75, 3.05) is 5.75 Å². The molecule has 13 heavy (non-hydrogen) atoms.